The van der Waals surface area contributed by atoms with Gasteiger partial charge < -0.3 is 10.1 Å². The second-order valence-corrected chi connectivity index (χ2v) is 5.22. The van der Waals surface area contributed by atoms with Crippen molar-refractivity contribution in [3.8, 4) is 0 Å². The Kier molecular flexibility index (Phi) is 4.01. The Bertz CT molecular complexity index is 441. The number of hydrogen-bond acceptors (Lipinski definition) is 3. The molecule has 0 aliphatic carbocycles. The molecule has 1 saturated heterocycles. The smallest absolute Gasteiger partial charge is 0.253 e. The summed E-state index contributed by atoms with van der Waals surface area (Å²) >= 11 is 9.28. The number of amides is 1. The van der Waals surface area contributed by atoms with Gasteiger partial charge in [-0.15, -0.1) is 0 Å². The van der Waals surface area contributed by atoms with Crippen molar-refractivity contribution in [3.05, 3.63) is 21.9 Å². The number of ether oxygens (including phenoxy) is 1. The molecule has 4 nitrogen and oxygen atoms in total. The molecule has 2 atom stereocenters. The predicted molar refractivity (Wildman–Crippen MR) is 69.1 cm³/mol. The topological polar surface area (TPSA) is 51.2 Å². The van der Waals surface area contributed by atoms with Crippen molar-refractivity contribution < 1.29 is 9.53 Å². The molecule has 0 aromatic carbocycles. The number of nitrogens with zero attached hydrogens (tertiary/aromatic N) is 1. The average molecular weight is 320 g/mol. The summed E-state index contributed by atoms with van der Waals surface area (Å²) in [5.74, 6) is -0.170. The minimum absolute atomic E-state index is 0.141. The van der Waals surface area contributed by atoms with Crippen molar-refractivity contribution in [2.45, 2.75) is 32.0 Å². The summed E-state index contributed by atoms with van der Waals surface area (Å²) in [6, 6.07) is 0. The largest absolute Gasteiger partial charge is 0.365 e. The normalized spacial score (nSPS) is 23.7. The molecule has 1 fully saturated rings. The average Bonchev–Trinajstić information content (AvgIpc) is 2.72. The maximum Gasteiger partial charge on any atom is 0.253 e. The Labute approximate surface area is 113 Å². The van der Waals surface area contributed by atoms with Gasteiger partial charge in [0.1, 0.15) is 6.10 Å². The molecule has 6 heteroatoms. The van der Waals surface area contributed by atoms with Gasteiger partial charge in [-0.2, -0.15) is 0 Å². The van der Waals surface area contributed by atoms with Crippen molar-refractivity contribution in [2.24, 2.45) is 0 Å². The monoisotopic (exact) mass is 318 g/mol. The van der Waals surface area contributed by atoms with E-state index in [0.717, 1.165) is 12.8 Å². The first-order valence-electron chi connectivity index (χ1n) is 5.33. The number of pyridine rings is 1. The third-order valence-electron chi connectivity index (χ3n) is 2.62. The van der Waals surface area contributed by atoms with Crippen LogP contribution in [0.5, 0.6) is 0 Å². The summed E-state index contributed by atoms with van der Waals surface area (Å²) in [7, 11) is 0. The maximum absolute atomic E-state index is 11.9. The molecule has 2 rings (SSSR count). The molecule has 0 unspecified atom stereocenters. The third-order valence-corrected chi connectivity index (χ3v) is 3.86. The van der Waals surface area contributed by atoms with E-state index in [-0.39, 0.29) is 18.1 Å². The van der Waals surface area contributed by atoms with Crippen LogP contribution in [0.15, 0.2) is 16.9 Å². The number of halogens is 2. The lowest BCUT2D eigenvalue weighted by molar-refractivity contribution is -0.126. The first-order chi connectivity index (χ1) is 8.08. The van der Waals surface area contributed by atoms with Gasteiger partial charge in [-0.05, 0) is 35.7 Å². The van der Waals surface area contributed by atoms with Crippen molar-refractivity contribution >= 4 is 39.1 Å². The highest BCUT2D eigenvalue weighted by molar-refractivity contribution is 9.10. The van der Waals surface area contributed by atoms with Crippen molar-refractivity contribution in [3.63, 3.8) is 0 Å². The Balaban J connectivity index is 2.06. The Morgan fingerprint density at radius 3 is 3.00 bits per heavy atom. The molecular weight excluding hydrogens is 307 g/mol. The van der Waals surface area contributed by atoms with Gasteiger partial charge in [0.2, 0.25) is 0 Å². The van der Waals surface area contributed by atoms with Crippen molar-refractivity contribution in [1.29, 1.82) is 0 Å². The van der Waals surface area contributed by atoms with Crippen molar-refractivity contribution in [2.75, 3.05) is 5.32 Å². The summed E-state index contributed by atoms with van der Waals surface area (Å²) in [5.41, 5.74) is 0.495. The van der Waals surface area contributed by atoms with Crippen LogP contribution >= 0.6 is 27.5 Å². The zero-order chi connectivity index (χ0) is 12.4. The third kappa shape index (κ3) is 2.97. The second kappa shape index (κ2) is 5.33. The van der Waals surface area contributed by atoms with E-state index in [9.17, 15) is 4.79 Å². The van der Waals surface area contributed by atoms with Crippen LogP contribution in [-0.4, -0.2) is 23.1 Å². The van der Waals surface area contributed by atoms with Crippen LogP contribution in [0.25, 0.3) is 0 Å². The van der Waals surface area contributed by atoms with Crippen LogP contribution in [0.1, 0.15) is 19.8 Å². The van der Waals surface area contributed by atoms with E-state index in [0.29, 0.717) is 15.2 Å². The van der Waals surface area contributed by atoms with Gasteiger partial charge in [0.15, 0.2) is 0 Å². The summed E-state index contributed by atoms with van der Waals surface area (Å²) in [5, 5.41) is 3.17. The lowest BCUT2D eigenvalue weighted by Gasteiger charge is -2.12. The number of hydrogen-bond donors (Lipinski definition) is 1. The molecule has 1 aromatic heterocycles. The van der Waals surface area contributed by atoms with Crippen LogP contribution < -0.4 is 5.32 Å². The fourth-order valence-corrected chi connectivity index (χ4v) is 2.19. The first-order valence-corrected chi connectivity index (χ1v) is 6.50. The summed E-state index contributed by atoms with van der Waals surface area (Å²) < 4.78 is 6.13. The van der Waals surface area contributed by atoms with Crippen LogP contribution in [0, 0.1) is 0 Å². The van der Waals surface area contributed by atoms with E-state index in [2.05, 4.69) is 26.2 Å². The van der Waals surface area contributed by atoms with Gasteiger partial charge in [-0.1, -0.05) is 11.6 Å². The molecule has 0 spiro atoms. The number of anilines is 1. The van der Waals surface area contributed by atoms with Gasteiger partial charge in [0.05, 0.1) is 27.5 Å². The highest BCUT2D eigenvalue weighted by Gasteiger charge is 2.28. The molecule has 17 heavy (non-hydrogen) atoms. The van der Waals surface area contributed by atoms with Gasteiger partial charge >= 0.3 is 0 Å². The SMILES string of the molecule is C[C@H]1CC[C@H](C(=O)Nc2cncc(Br)c2Cl)O1. The van der Waals surface area contributed by atoms with E-state index < -0.39 is 0 Å². The van der Waals surface area contributed by atoms with Crippen LogP contribution in [0.4, 0.5) is 5.69 Å². The Morgan fingerprint density at radius 1 is 1.59 bits per heavy atom. The van der Waals surface area contributed by atoms with Gasteiger partial charge in [0, 0.05) is 6.20 Å². The van der Waals surface area contributed by atoms with E-state index in [1.165, 1.54) is 6.20 Å². The minimum Gasteiger partial charge on any atom is -0.365 e. The zero-order valence-electron chi connectivity index (χ0n) is 9.24. The first kappa shape index (κ1) is 12.8. The molecule has 1 aliphatic rings. The van der Waals surface area contributed by atoms with Gasteiger partial charge in [-0.25, -0.2) is 0 Å². The molecule has 0 radical (unpaired) electrons. The lowest BCUT2D eigenvalue weighted by Crippen LogP contribution is -2.27. The quantitative estimate of drug-likeness (QED) is 0.911. The second-order valence-electron chi connectivity index (χ2n) is 3.98. The van der Waals surface area contributed by atoms with Crippen LogP contribution in [0.3, 0.4) is 0 Å². The molecule has 1 amide bonds. The van der Waals surface area contributed by atoms with E-state index in [1.807, 2.05) is 6.92 Å². The zero-order valence-corrected chi connectivity index (χ0v) is 11.6. The van der Waals surface area contributed by atoms with E-state index in [4.69, 9.17) is 16.3 Å². The molecular formula is C11H12BrClN2O2. The number of rotatable bonds is 2. The lowest BCUT2D eigenvalue weighted by atomic mass is 10.2. The molecule has 0 saturated carbocycles. The molecule has 92 valence electrons. The standard InChI is InChI=1S/C11H12BrClN2O2/c1-6-2-3-9(17-6)11(16)15-8-5-14-4-7(12)10(8)13/h4-6,9H,2-3H2,1H3,(H,15,16)/t6-,9+/m0/s1. The van der Waals surface area contributed by atoms with Crippen molar-refractivity contribution in [1.82, 2.24) is 4.98 Å². The molecule has 1 aromatic rings. The van der Waals surface area contributed by atoms with Crippen LogP contribution in [-0.2, 0) is 9.53 Å². The molecule has 1 N–H and O–H groups in total. The highest BCUT2D eigenvalue weighted by Crippen LogP contribution is 2.29. The number of aromatic nitrogens is 1. The van der Waals surface area contributed by atoms with E-state index in [1.54, 1.807) is 6.20 Å². The van der Waals surface area contributed by atoms with Crippen LogP contribution in [0.2, 0.25) is 5.02 Å². The fraction of sp³-hybridized carbons (Fsp3) is 0.455. The summed E-state index contributed by atoms with van der Waals surface area (Å²) in [6.07, 6.45) is 4.49. The molecule has 0 bridgehead atoms. The molecule has 1 aliphatic heterocycles. The number of carbonyl (C=O) groups excluding carboxylic acids is 1. The highest BCUT2D eigenvalue weighted by atomic mass is 79.9. The van der Waals surface area contributed by atoms with Gasteiger partial charge in [0.25, 0.3) is 5.91 Å². The van der Waals surface area contributed by atoms with Gasteiger partial charge in [-0.3, -0.25) is 9.78 Å². The molecule has 2 heterocycles. The number of carbonyl (C=O) groups is 1. The minimum atomic E-state index is -0.389. The maximum atomic E-state index is 11.9. The fourth-order valence-electron chi connectivity index (χ4n) is 1.72. The summed E-state index contributed by atoms with van der Waals surface area (Å²) in [4.78, 5) is 15.8. The number of nitrogens with one attached hydrogen (secondary N) is 1. The predicted octanol–water partition coefficient (Wildman–Crippen LogP) is 3.00. The Hall–Kier alpha value is -0.650. The summed E-state index contributed by atoms with van der Waals surface area (Å²) in [6.45, 7) is 1.96. The van der Waals surface area contributed by atoms with E-state index >= 15 is 0 Å². The Morgan fingerprint density at radius 2 is 2.35 bits per heavy atom.